The topological polar surface area (TPSA) is 67.9 Å². The summed E-state index contributed by atoms with van der Waals surface area (Å²) in [6.45, 7) is 1.74. The van der Waals surface area contributed by atoms with Crippen LogP contribution in [0.15, 0.2) is 66.4 Å². The van der Waals surface area contributed by atoms with E-state index in [4.69, 9.17) is 4.74 Å². The van der Waals surface area contributed by atoms with Crippen LogP contribution in [0.3, 0.4) is 0 Å². The zero-order valence-electron chi connectivity index (χ0n) is 15.5. The SMILES string of the molecule is COC(=O)C=C(C)N[C@H]1C(=O)N(c2ccc(OC)cc2)[C@H]1c1ccccc1. The zero-order valence-corrected chi connectivity index (χ0v) is 15.5. The Labute approximate surface area is 158 Å². The molecule has 1 N–H and O–H groups in total. The van der Waals surface area contributed by atoms with Crippen molar-refractivity contribution in [1.82, 2.24) is 5.32 Å². The summed E-state index contributed by atoms with van der Waals surface area (Å²) in [5.41, 5.74) is 2.38. The standard InChI is InChI=1S/C21H22N2O4/c1-14(13-18(24)27-3)22-19-20(15-7-5-4-6-8-15)23(21(19)25)16-9-11-17(26-2)12-10-16/h4-13,19-20,22H,1-3H3/t19-,20+/m1/s1. The summed E-state index contributed by atoms with van der Waals surface area (Å²) < 4.78 is 9.84. The van der Waals surface area contributed by atoms with Crippen LogP contribution in [0.4, 0.5) is 5.69 Å². The van der Waals surface area contributed by atoms with Crippen molar-refractivity contribution in [2.75, 3.05) is 19.1 Å². The van der Waals surface area contributed by atoms with Crippen molar-refractivity contribution in [3.8, 4) is 5.75 Å². The van der Waals surface area contributed by atoms with Crippen LogP contribution >= 0.6 is 0 Å². The number of hydrogen-bond donors (Lipinski definition) is 1. The number of allylic oxidation sites excluding steroid dienone is 1. The molecule has 0 radical (unpaired) electrons. The molecule has 3 rings (SSSR count). The van der Waals surface area contributed by atoms with Gasteiger partial charge in [-0.25, -0.2) is 4.79 Å². The van der Waals surface area contributed by atoms with Crippen molar-refractivity contribution >= 4 is 17.6 Å². The van der Waals surface area contributed by atoms with Gasteiger partial charge in [0.25, 0.3) is 5.91 Å². The van der Waals surface area contributed by atoms with E-state index < -0.39 is 12.0 Å². The number of benzene rings is 2. The fraction of sp³-hybridized carbons (Fsp3) is 0.238. The van der Waals surface area contributed by atoms with Gasteiger partial charge in [0.15, 0.2) is 0 Å². The molecule has 0 unspecified atom stereocenters. The molecule has 2 atom stereocenters. The molecule has 6 heteroatoms. The number of amides is 1. The monoisotopic (exact) mass is 366 g/mol. The second-order valence-corrected chi connectivity index (χ2v) is 6.23. The van der Waals surface area contributed by atoms with Crippen LogP contribution in [0.1, 0.15) is 18.5 Å². The second kappa shape index (κ2) is 7.95. The number of β-lactam (4-membered cyclic amide) rings is 1. The number of carbonyl (C=O) groups is 2. The number of methoxy groups -OCH3 is 2. The number of esters is 1. The van der Waals surface area contributed by atoms with E-state index in [-0.39, 0.29) is 11.9 Å². The molecule has 27 heavy (non-hydrogen) atoms. The molecule has 0 aromatic heterocycles. The van der Waals surface area contributed by atoms with Gasteiger partial charge in [0.05, 0.1) is 20.3 Å². The summed E-state index contributed by atoms with van der Waals surface area (Å²) in [5, 5.41) is 3.15. The molecular formula is C21H22N2O4. The van der Waals surface area contributed by atoms with E-state index in [0.29, 0.717) is 5.70 Å². The molecule has 2 aromatic carbocycles. The molecule has 6 nitrogen and oxygen atoms in total. The van der Waals surface area contributed by atoms with Gasteiger partial charge in [-0.1, -0.05) is 30.3 Å². The first kappa shape index (κ1) is 18.5. The second-order valence-electron chi connectivity index (χ2n) is 6.23. The lowest BCUT2D eigenvalue weighted by molar-refractivity contribution is -0.135. The normalized spacial score (nSPS) is 19.3. The lowest BCUT2D eigenvalue weighted by atomic mass is 9.87. The highest BCUT2D eigenvalue weighted by atomic mass is 16.5. The van der Waals surface area contributed by atoms with Crippen molar-refractivity contribution in [2.45, 2.75) is 19.0 Å². The van der Waals surface area contributed by atoms with Gasteiger partial charge >= 0.3 is 5.97 Å². The minimum Gasteiger partial charge on any atom is -0.497 e. The number of hydrogen-bond acceptors (Lipinski definition) is 5. The maximum atomic E-state index is 12.9. The number of ether oxygens (including phenoxy) is 2. The van der Waals surface area contributed by atoms with Crippen LogP contribution in [0.2, 0.25) is 0 Å². The van der Waals surface area contributed by atoms with E-state index in [9.17, 15) is 9.59 Å². The van der Waals surface area contributed by atoms with Crippen LogP contribution in [0.25, 0.3) is 0 Å². The average molecular weight is 366 g/mol. The summed E-state index contributed by atoms with van der Waals surface area (Å²) in [4.78, 5) is 26.1. The van der Waals surface area contributed by atoms with Crippen molar-refractivity contribution in [1.29, 1.82) is 0 Å². The van der Waals surface area contributed by atoms with Gasteiger partial charge in [0, 0.05) is 17.5 Å². The summed E-state index contributed by atoms with van der Waals surface area (Å²) in [6, 6.07) is 16.5. The average Bonchev–Trinajstić information content (AvgIpc) is 2.70. The highest BCUT2D eigenvalue weighted by molar-refractivity contribution is 6.06. The maximum Gasteiger partial charge on any atom is 0.332 e. The molecule has 1 aliphatic heterocycles. The molecule has 140 valence electrons. The Bertz CT molecular complexity index is 846. The number of anilines is 1. The molecular weight excluding hydrogens is 344 g/mol. The first-order chi connectivity index (χ1) is 13.0. The largest absolute Gasteiger partial charge is 0.497 e. The molecule has 0 aliphatic carbocycles. The quantitative estimate of drug-likeness (QED) is 0.484. The molecule has 0 spiro atoms. The van der Waals surface area contributed by atoms with E-state index >= 15 is 0 Å². The molecule has 1 heterocycles. The van der Waals surface area contributed by atoms with Gasteiger partial charge in [0.2, 0.25) is 0 Å². The Morgan fingerprint density at radius 2 is 1.74 bits per heavy atom. The van der Waals surface area contributed by atoms with Gasteiger partial charge in [-0.05, 0) is 36.8 Å². The third-order valence-electron chi connectivity index (χ3n) is 4.51. The smallest absolute Gasteiger partial charge is 0.332 e. The highest BCUT2D eigenvalue weighted by Gasteiger charge is 2.49. The van der Waals surface area contributed by atoms with Crippen molar-refractivity contribution in [3.63, 3.8) is 0 Å². The summed E-state index contributed by atoms with van der Waals surface area (Å²) in [6.07, 6.45) is 1.34. The minimum absolute atomic E-state index is 0.0633. The van der Waals surface area contributed by atoms with Crippen molar-refractivity contribution < 1.29 is 19.1 Å². The Morgan fingerprint density at radius 3 is 2.33 bits per heavy atom. The van der Waals surface area contributed by atoms with Gasteiger partial charge < -0.3 is 19.7 Å². The van der Waals surface area contributed by atoms with E-state index in [1.807, 2.05) is 54.6 Å². The van der Waals surface area contributed by atoms with Crippen LogP contribution in [-0.2, 0) is 14.3 Å². The van der Waals surface area contributed by atoms with Gasteiger partial charge in [-0.2, -0.15) is 0 Å². The lowest BCUT2D eigenvalue weighted by Crippen LogP contribution is -2.64. The molecule has 0 saturated carbocycles. The van der Waals surface area contributed by atoms with E-state index in [1.54, 1.807) is 18.9 Å². The van der Waals surface area contributed by atoms with E-state index in [1.165, 1.54) is 13.2 Å². The van der Waals surface area contributed by atoms with Gasteiger partial charge in [-0.3, -0.25) is 4.79 Å². The molecule has 1 aliphatic rings. The molecule has 1 fully saturated rings. The summed E-state index contributed by atoms with van der Waals surface area (Å²) >= 11 is 0. The lowest BCUT2D eigenvalue weighted by Gasteiger charge is -2.48. The summed E-state index contributed by atoms with van der Waals surface area (Å²) in [7, 11) is 2.92. The van der Waals surface area contributed by atoms with Gasteiger partial charge in [-0.15, -0.1) is 0 Å². The maximum absolute atomic E-state index is 12.9. The molecule has 0 bridgehead atoms. The predicted octanol–water partition coefficient (Wildman–Crippen LogP) is 2.82. The van der Waals surface area contributed by atoms with E-state index in [0.717, 1.165) is 17.0 Å². The fourth-order valence-electron chi connectivity index (χ4n) is 3.17. The summed E-state index contributed by atoms with van der Waals surface area (Å²) in [5.74, 6) is 0.205. The Balaban J connectivity index is 1.89. The van der Waals surface area contributed by atoms with Crippen LogP contribution < -0.4 is 15.0 Å². The zero-order chi connectivity index (χ0) is 19.4. The predicted molar refractivity (Wildman–Crippen MR) is 102 cm³/mol. The minimum atomic E-state index is -0.463. The Morgan fingerprint density at radius 1 is 1.07 bits per heavy atom. The van der Waals surface area contributed by atoms with Crippen LogP contribution in [0.5, 0.6) is 5.75 Å². The highest BCUT2D eigenvalue weighted by Crippen LogP contribution is 2.40. The Kier molecular flexibility index (Phi) is 5.45. The molecule has 1 saturated heterocycles. The van der Waals surface area contributed by atoms with Crippen LogP contribution in [-0.4, -0.2) is 32.1 Å². The molecule has 2 aromatic rings. The van der Waals surface area contributed by atoms with Gasteiger partial charge in [0.1, 0.15) is 11.8 Å². The van der Waals surface area contributed by atoms with E-state index in [2.05, 4.69) is 10.1 Å². The number of nitrogens with zero attached hydrogens (tertiary/aromatic N) is 1. The molecule has 1 amide bonds. The number of carbonyl (C=O) groups excluding carboxylic acids is 2. The van der Waals surface area contributed by atoms with Crippen molar-refractivity contribution in [3.05, 3.63) is 71.9 Å². The van der Waals surface area contributed by atoms with Crippen LogP contribution in [0, 0.1) is 0 Å². The fourth-order valence-corrected chi connectivity index (χ4v) is 3.17. The first-order valence-corrected chi connectivity index (χ1v) is 8.60. The third kappa shape index (κ3) is 3.79. The Hall–Kier alpha value is -3.28. The number of rotatable bonds is 6. The number of nitrogens with one attached hydrogen (secondary N) is 1. The third-order valence-corrected chi connectivity index (χ3v) is 4.51. The first-order valence-electron chi connectivity index (χ1n) is 8.60. The van der Waals surface area contributed by atoms with Crippen molar-refractivity contribution in [2.24, 2.45) is 0 Å².